The van der Waals surface area contributed by atoms with E-state index in [-0.39, 0.29) is 5.97 Å². The van der Waals surface area contributed by atoms with Crippen LogP contribution in [0, 0.1) is 0 Å². The summed E-state index contributed by atoms with van der Waals surface area (Å²) in [5.74, 6) is 0.935. The molecule has 2 unspecified atom stereocenters. The average Bonchev–Trinajstić information content (AvgIpc) is 3.27. The number of benzene rings is 2. The summed E-state index contributed by atoms with van der Waals surface area (Å²) in [6.45, 7) is 0. The van der Waals surface area contributed by atoms with E-state index in [0.717, 1.165) is 26.7 Å². The fourth-order valence-electron chi connectivity index (χ4n) is 3.92. The molecule has 7 nitrogen and oxygen atoms in total. The minimum absolute atomic E-state index is 0.246. The van der Waals surface area contributed by atoms with E-state index in [1.54, 1.807) is 20.4 Å². The van der Waals surface area contributed by atoms with Gasteiger partial charge in [-0.1, -0.05) is 36.0 Å². The number of aryl methyl sites for hydroxylation is 1. The second-order valence-electron chi connectivity index (χ2n) is 7.81. The summed E-state index contributed by atoms with van der Waals surface area (Å²) in [6.07, 6.45) is 2.16. The maximum absolute atomic E-state index is 11.5. The molecule has 2 aromatic carbocycles. The SMILES string of the molecule is COC(=O)CCc1cnc(CC2OC(c3cccc(OC)c3OC)c3cc(Cl)ccc3NC2=S)s1. The van der Waals surface area contributed by atoms with Gasteiger partial charge in [0.15, 0.2) is 11.5 Å². The summed E-state index contributed by atoms with van der Waals surface area (Å²) >= 11 is 13.6. The normalized spacial score (nSPS) is 17.2. The molecule has 3 aromatic rings. The van der Waals surface area contributed by atoms with Gasteiger partial charge in [-0.15, -0.1) is 11.3 Å². The first-order chi connectivity index (χ1) is 16.9. The number of hydrogen-bond acceptors (Lipinski definition) is 8. The van der Waals surface area contributed by atoms with E-state index in [4.69, 9.17) is 42.8 Å². The van der Waals surface area contributed by atoms with Crippen molar-refractivity contribution in [2.75, 3.05) is 26.6 Å². The monoisotopic (exact) mass is 532 g/mol. The van der Waals surface area contributed by atoms with E-state index in [1.165, 1.54) is 18.4 Å². The van der Waals surface area contributed by atoms with Crippen molar-refractivity contribution in [3.05, 3.63) is 68.6 Å². The van der Waals surface area contributed by atoms with Gasteiger partial charge >= 0.3 is 5.97 Å². The summed E-state index contributed by atoms with van der Waals surface area (Å²) in [7, 11) is 4.58. The van der Waals surface area contributed by atoms with Crippen molar-refractivity contribution in [3.63, 3.8) is 0 Å². The Hall–Kier alpha value is -2.72. The van der Waals surface area contributed by atoms with E-state index in [0.29, 0.717) is 40.8 Å². The van der Waals surface area contributed by atoms with Crippen molar-refractivity contribution in [1.82, 2.24) is 4.98 Å². The molecule has 2 heterocycles. The first-order valence-corrected chi connectivity index (χ1v) is 12.5. The number of nitrogens with one attached hydrogen (secondary N) is 1. The van der Waals surface area contributed by atoms with E-state index in [1.807, 2.05) is 36.4 Å². The van der Waals surface area contributed by atoms with Gasteiger partial charge in [0, 0.05) is 39.3 Å². The van der Waals surface area contributed by atoms with Crippen LogP contribution in [-0.4, -0.2) is 43.4 Å². The van der Waals surface area contributed by atoms with E-state index >= 15 is 0 Å². The first kappa shape index (κ1) is 25.4. The Morgan fingerprint density at radius 3 is 2.77 bits per heavy atom. The third-order valence-electron chi connectivity index (χ3n) is 5.63. The van der Waals surface area contributed by atoms with Crippen LogP contribution in [0.2, 0.25) is 5.02 Å². The lowest BCUT2D eigenvalue weighted by Crippen LogP contribution is -2.30. The lowest BCUT2D eigenvalue weighted by Gasteiger charge is -2.24. The van der Waals surface area contributed by atoms with Gasteiger partial charge in [-0.3, -0.25) is 4.79 Å². The third-order valence-corrected chi connectivity index (χ3v) is 7.31. The molecule has 2 atom stereocenters. The highest BCUT2D eigenvalue weighted by Crippen LogP contribution is 2.44. The molecule has 0 fully saturated rings. The van der Waals surface area contributed by atoms with E-state index in [2.05, 4.69) is 10.3 Å². The third kappa shape index (κ3) is 5.75. The van der Waals surface area contributed by atoms with Crippen LogP contribution in [0.1, 0.15) is 33.5 Å². The van der Waals surface area contributed by atoms with Crippen LogP contribution in [0.5, 0.6) is 11.5 Å². The van der Waals surface area contributed by atoms with Crippen molar-refractivity contribution >= 4 is 51.8 Å². The molecule has 0 radical (unpaired) electrons. The number of halogens is 1. The lowest BCUT2D eigenvalue weighted by molar-refractivity contribution is -0.140. The fraction of sp³-hybridized carbons (Fsp3) is 0.320. The Kier molecular flexibility index (Phi) is 8.22. The Morgan fingerprint density at radius 2 is 2.03 bits per heavy atom. The molecule has 0 aliphatic carbocycles. The molecule has 0 bridgehead atoms. The van der Waals surface area contributed by atoms with Crippen LogP contribution in [-0.2, 0) is 27.1 Å². The zero-order valence-corrected chi connectivity index (χ0v) is 21.9. The second kappa shape index (κ2) is 11.3. The van der Waals surface area contributed by atoms with Crippen LogP contribution in [0.15, 0.2) is 42.6 Å². The number of anilines is 1. The molecule has 35 heavy (non-hydrogen) atoms. The maximum Gasteiger partial charge on any atom is 0.305 e. The number of thiazole rings is 1. The van der Waals surface area contributed by atoms with Crippen molar-refractivity contribution in [3.8, 4) is 11.5 Å². The van der Waals surface area contributed by atoms with Crippen LogP contribution < -0.4 is 14.8 Å². The predicted octanol–water partition coefficient (Wildman–Crippen LogP) is 5.39. The fourth-order valence-corrected chi connectivity index (χ4v) is 5.30. The highest BCUT2D eigenvalue weighted by atomic mass is 35.5. The van der Waals surface area contributed by atoms with Crippen molar-refractivity contribution in [2.24, 2.45) is 0 Å². The standard InChI is InChI=1S/C25H25ClN2O5S2/c1-30-19-6-4-5-16(24(19)32-3)23-17-11-14(26)7-9-18(17)28-25(34)20(33-23)12-21-27-13-15(35-21)8-10-22(29)31-2/h4-7,9,11,13,20,23H,8,10,12H2,1-3H3,(H,28,34). The van der Waals surface area contributed by atoms with Crippen LogP contribution in [0.4, 0.5) is 5.69 Å². The number of para-hydroxylation sites is 1. The maximum atomic E-state index is 11.5. The first-order valence-electron chi connectivity index (χ1n) is 10.9. The zero-order valence-electron chi connectivity index (χ0n) is 19.5. The second-order valence-corrected chi connectivity index (χ2v) is 9.88. The number of carbonyl (C=O) groups excluding carboxylic acids is 1. The Balaban J connectivity index is 1.67. The quantitative estimate of drug-likeness (QED) is 0.305. The van der Waals surface area contributed by atoms with Crippen LogP contribution >= 0.6 is 35.2 Å². The molecule has 0 saturated carbocycles. The van der Waals surface area contributed by atoms with Gasteiger partial charge in [0.1, 0.15) is 17.2 Å². The summed E-state index contributed by atoms with van der Waals surface area (Å²) in [4.78, 5) is 17.6. The smallest absolute Gasteiger partial charge is 0.305 e. The molecule has 1 aromatic heterocycles. The van der Waals surface area contributed by atoms with Gasteiger partial charge < -0.3 is 24.3 Å². The van der Waals surface area contributed by atoms with Crippen LogP contribution in [0.3, 0.4) is 0 Å². The predicted molar refractivity (Wildman–Crippen MR) is 140 cm³/mol. The zero-order chi connectivity index (χ0) is 24.9. The number of carbonyl (C=O) groups is 1. The summed E-state index contributed by atoms with van der Waals surface area (Å²) in [5, 5.41) is 4.78. The van der Waals surface area contributed by atoms with Gasteiger partial charge in [-0.25, -0.2) is 4.98 Å². The minimum Gasteiger partial charge on any atom is -0.493 e. The molecule has 1 aliphatic rings. The van der Waals surface area contributed by atoms with Crippen molar-refractivity contribution < 1.29 is 23.7 Å². The van der Waals surface area contributed by atoms with Gasteiger partial charge in [0.25, 0.3) is 0 Å². The average molecular weight is 533 g/mol. The molecule has 1 N–H and O–H groups in total. The number of rotatable bonds is 8. The molecular weight excluding hydrogens is 508 g/mol. The highest BCUT2D eigenvalue weighted by Gasteiger charge is 2.33. The number of ether oxygens (including phenoxy) is 4. The Labute approximate surface area is 218 Å². The summed E-state index contributed by atoms with van der Waals surface area (Å²) in [6, 6.07) is 11.2. The topological polar surface area (TPSA) is 78.9 Å². The number of hydrogen-bond donors (Lipinski definition) is 1. The Morgan fingerprint density at radius 1 is 1.20 bits per heavy atom. The van der Waals surface area contributed by atoms with Crippen molar-refractivity contribution in [1.29, 1.82) is 0 Å². The molecular formula is C25H25ClN2O5S2. The number of methoxy groups -OCH3 is 3. The number of thiocarbonyl (C=S) groups is 1. The largest absolute Gasteiger partial charge is 0.493 e. The number of aromatic nitrogens is 1. The molecule has 184 valence electrons. The van der Waals surface area contributed by atoms with E-state index in [9.17, 15) is 4.79 Å². The molecule has 0 spiro atoms. The van der Waals surface area contributed by atoms with Crippen LogP contribution in [0.25, 0.3) is 0 Å². The van der Waals surface area contributed by atoms with Crippen molar-refractivity contribution in [2.45, 2.75) is 31.5 Å². The molecule has 1 aliphatic heterocycles. The molecule has 4 rings (SSSR count). The number of nitrogens with zero attached hydrogens (tertiary/aromatic N) is 1. The van der Waals surface area contributed by atoms with Gasteiger partial charge in [-0.2, -0.15) is 0 Å². The molecule has 0 amide bonds. The van der Waals surface area contributed by atoms with Gasteiger partial charge in [0.05, 0.1) is 32.8 Å². The highest BCUT2D eigenvalue weighted by molar-refractivity contribution is 7.80. The molecule has 0 saturated heterocycles. The summed E-state index contributed by atoms with van der Waals surface area (Å²) in [5.41, 5.74) is 2.45. The summed E-state index contributed by atoms with van der Waals surface area (Å²) < 4.78 is 22.6. The minimum atomic E-state index is -0.523. The van der Waals surface area contributed by atoms with E-state index < -0.39 is 12.2 Å². The number of esters is 1. The van der Waals surface area contributed by atoms with Gasteiger partial charge in [-0.05, 0) is 30.7 Å². The Bertz CT molecular complexity index is 1230. The van der Waals surface area contributed by atoms with Gasteiger partial charge in [0.2, 0.25) is 0 Å². The lowest BCUT2D eigenvalue weighted by atomic mass is 9.98. The number of fused-ring (bicyclic) bond motifs is 1. The molecule has 10 heteroatoms.